The Kier molecular flexibility index (Phi) is 3.29. The Bertz CT molecular complexity index is 159. The van der Waals surface area contributed by atoms with Gasteiger partial charge in [0.05, 0.1) is 5.60 Å². The lowest BCUT2D eigenvalue weighted by atomic mass is 10.0. The van der Waals surface area contributed by atoms with Crippen molar-refractivity contribution in [3.63, 3.8) is 0 Å². The summed E-state index contributed by atoms with van der Waals surface area (Å²) in [7, 11) is 0. The highest BCUT2D eigenvalue weighted by molar-refractivity contribution is 4.92. The van der Waals surface area contributed by atoms with Crippen molar-refractivity contribution in [2.75, 3.05) is 19.7 Å². The second kappa shape index (κ2) is 4.06. The molecule has 0 amide bonds. The van der Waals surface area contributed by atoms with Crippen LogP contribution in [0.25, 0.3) is 0 Å². The Morgan fingerprint density at radius 2 is 2.42 bits per heavy atom. The van der Waals surface area contributed by atoms with Crippen LogP contribution in [0.5, 0.6) is 0 Å². The van der Waals surface area contributed by atoms with Crippen LogP contribution in [0.2, 0.25) is 0 Å². The van der Waals surface area contributed by atoms with Gasteiger partial charge in [0.15, 0.2) is 0 Å². The summed E-state index contributed by atoms with van der Waals surface area (Å²) in [5.74, 6) is 0. The van der Waals surface area contributed by atoms with Crippen LogP contribution in [0.15, 0.2) is 12.2 Å². The third kappa shape index (κ3) is 2.95. The van der Waals surface area contributed by atoms with Crippen LogP contribution in [-0.2, 0) is 4.74 Å². The first-order chi connectivity index (χ1) is 5.62. The van der Waals surface area contributed by atoms with Crippen LogP contribution in [0.3, 0.4) is 0 Å². The second-order valence-electron chi connectivity index (χ2n) is 3.96. The van der Waals surface area contributed by atoms with Gasteiger partial charge in [-0.05, 0) is 26.7 Å². The maximum atomic E-state index is 5.63. The van der Waals surface area contributed by atoms with E-state index in [4.69, 9.17) is 4.74 Å². The van der Waals surface area contributed by atoms with Gasteiger partial charge in [-0.15, -0.1) is 0 Å². The molecule has 0 saturated carbocycles. The molecule has 1 fully saturated rings. The molecule has 1 aliphatic heterocycles. The molecule has 1 heterocycles. The van der Waals surface area contributed by atoms with Gasteiger partial charge in [0.25, 0.3) is 0 Å². The summed E-state index contributed by atoms with van der Waals surface area (Å²) in [5, 5.41) is 3.34. The third-order valence-electron chi connectivity index (χ3n) is 2.23. The fourth-order valence-electron chi connectivity index (χ4n) is 1.52. The summed E-state index contributed by atoms with van der Waals surface area (Å²) in [4.78, 5) is 0. The number of nitrogens with one attached hydrogen (secondary N) is 1. The summed E-state index contributed by atoms with van der Waals surface area (Å²) in [6.45, 7) is 10.8. The monoisotopic (exact) mass is 169 g/mol. The summed E-state index contributed by atoms with van der Waals surface area (Å²) >= 11 is 0. The molecule has 2 heteroatoms. The normalized spacial score (nSPS) is 29.2. The highest BCUT2D eigenvalue weighted by atomic mass is 16.5. The van der Waals surface area contributed by atoms with E-state index in [1.54, 1.807) is 0 Å². The standard InChI is InChI=1S/C10H19NO/c1-9(2)7-11-8-10(3)5-4-6-12-10/h11H,1,4-8H2,2-3H3. The van der Waals surface area contributed by atoms with Crippen molar-refractivity contribution in [2.24, 2.45) is 0 Å². The lowest BCUT2D eigenvalue weighted by molar-refractivity contribution is 0.0215. The van der Waals surface area contributed by atoms with Crippen molar-refractivity contribution in [1.82, 2.24) is 5.32 Å². The maximum Gasteiger partial charge on any atom is 0.0779 e. The van der Waals surface area contributed by atoms with E-state index in [-0.39, 0.29) is 5.60 Å². The fraction of sp³-hybridized carbons (Fsp3) is 0.800. The van der Waals surface area contributed by atoms with E-state index in [1.807, 2.05) is 6.92 Å². The van der Waals surface area contributed by atoms with Crippen LogP contribution < -0.4 is 5.32 Å². The summed E-state index contributed by atoms with van der Waals surface area (Å²) in [5.41, 5.74) is 1.26. The van der Waals surface area contributed by atoms with Gasteiger partial charge in [0, 0.05) is 19.7 Å². The Balaban J connectivity index is 2.17. The van der Waals surface area contributed by atoms with E-state index in [1.165, 1.54) is 18.4 Å². The topological polar surface area (TPSA) is 21.3 Å². The molecule has 1 N–H and O–H groups in total. The minimum Gasteiger partial charge on any atom is -0.374 e. The molecule has 0 bridgehead atoms. The predicted octanol–water partition coefficient (Wildman–Crippen LogP) is 1.72. The SMILES string of the molecule is C=C(C)CNCC1(C)CCCO1. The first kappa shape index (κ1) is 9.75. The smallest absolute Gasteiger partial charge is 0.0779 e. The van der Waals surface area contributed by atoms with Crippen molar-refractivity contribution in [3.05, 3.63) is 12.2 Å². The summed E-state index contributed by atoms with van der Waals surface area (Å²) in [6, 6.07) is 0. The molecule has 1 atom stereocenters. The quantitative estimate of drug-likeness (QED) is 0.647. The van der Waals surface area contributed by atoms with Crippen LogP contribution in [-0.4, -0.2) is 25.3 Å². The molecule has 0 aromatic carbocycles. The van der Waals surface area contributed by atoms with E-state index in [9.17, 15) is 0 Å². The van der Waals surface area contributed by atoms with Crippen LogP contribution >= 0.6 is 0 Å². The summed E-state index contributed by atoms with van der Waals surface area (Å²) in [6.07, 6.45) is 2.38. The molecular weight excluding hydrogens is 150 g/mol. The highest BCUT2D eigenvalue weighted by Crippen LogP contribution is 2.23. The van der Waals surface area contributed by atoms with Gasteiger partial charge in [-0.3, -0.25) is 0 Å². The summed E-state index contributed by atoms with van der Waals surface area (Å²) < 4.78 is 5.63. The first-order valence-corrected chi connectivity index (χ1v) is 4.61. The minimum atomic E-state index is 0.0788. The Hall–Kier alpha value is -0.340. The van der Waals surface area contributed by atoms with Gasteiger partial charge < -0.3 is 10.1 Å². The van der Waals surface area contributed by atoms with E-state index in [0.717, 1.165) is 19.7 Å². The molecule has 0 aromatic rings. The Morgan fingerprint density at radius 3 is 2.92 bits per heavy atom. The van der Waals surface area contributed by atoms with Gasteiger partial charge in [-0.25, -0.2) is 0 Å². The highest BCUT2D eigenvalue weighted by Gasteiger charge is 2.28. The zero-order valence-electron chi connectivity index (χ0n) is 8.15. The molecule has 70 valence electrons. The van der Waals surface area contributed by atoms with E-state index >= 15 is 0 Å². The number of ether oxygens (including phenoxy) is 1. The number of hydrogen-bond donors (Lipinski definition) is 1. The van der Waals surface area contributed by atoms with Crippen molar-refractivity contribution < 1.29 is 4.74 Å². The zero-order valence-corrected chi connectivity index (χ0v) is 8.15. The second-order valence-corrected chi connectivity index (χ2v) is 3.96. The molecule has 0 aromatic heterocycles. The van der Waals surface area contributed by atoms with E-state index < -0.39 is 0 Å². The van der Waals surface area contributed by atoms with Gasteiger partial charge in [-0.2, -0.15) is 0 Å². The molecular formula is C10H19NO. The fourth-order valence-corrected chi connectivity index (χ4v) is 1.52. The van der Waals surface area contributed by atoms with Gasteiger partial charge in [0.1, 0.15) is 0 Å². The molecule has 0 radical (unpaired) electrons. The van der Waals surface area contributed by atoms with Crippen LogP contribution in [0.4, 0.5) is 0 Å². The van der Waals surface area contributed by atoms with E-state index in [2.05, 4.69) is 18.8 Å². The molecule has 0 spiro atoms. The van der Waals surface area contributed by atoms with Crippen molar-refractivity contribution in [3.8, 4) is 0 Å². The Labute approximate surface area is 75.0 Å². The molecule has 1 aliphatic rings. The van der Waals surface area contributed by atoms with Gasteiger partial charge in [0.2, 0.25) is 0 Å². The van der Waals surface area contributed by atoms with E-state index in [0.29, 0.717) is 0 Å². The first-order valence-electron chi connectivity index (χ1n) is 4.61. The third-order valence-corrected chi connectivity index (χ3v) is 2.23. The average Bonchev–Trinajstić information content (AvgIpc) is 2.35. The molecule has 1 unspecified atom stereocenters. The average molecular weight is 169 g/mol. The van der Waals surface area contributed by atoms with Crippen LogP contribution in [0.1, 0.15) is 26.7 Å². The van der Waals surface area contributed by atoms with Gasteiger partial charge >= 0.3 is 0 Å². The molecule has 12 heavy (non-hydrogen) atoms. The lowest BCUT2D eigenvalue weighted by Crippen LogP contribution is -2.37. The minimum absolute atomic E-state index is 0.0788. The number of hydrogen-bond acceptors (Lipinski definition) is 2. The largest absolute Gasteiger partial charge is 0.374 e. The predicted molar refractivity (Wildman–Crippen MR) is 51.3 cm³/mol. The van der Waals surface area contributed by atoms with Crippen molar-refractivity contribution in [1.29, 1.82) is 0 Å². The maximum absolute atomic E-state index is 5.63. The molecule has 1 saturated heterocycles. The van der Waals surface area contributed by atoms with Gasteiger partial charge in [-0.1, -0.05) is 12.2 Å². The van der Waals surface area contributed by atoms with Crippen molar-refractivity contribution in [2.45, 2.75) is 32.3 Å². The Morgan fingerprint density at radius 1 is 1.67 bits per heavy atom. The molecule has 1 rings (SSSR count). The lowest BCUT2D eigenvalue weighted by Gasteiger charge is -2.23. The molecule has 0 aliphatic carbocycles. The van der Waals surface area contributed by atoms with Crippen molar-refractivity contribution >= 4 is 0 Å². The van der Waals surface area contributed by atoms with Crippen LogP contribution in [0, 0.1) is 0 Å². The molecule has 2 nitrogen and oxygen atoms in total. The number of rotatable bonds is 4. The zero-order chi connectivity index (χ0) is 9.03.